The van der Waals surface area contributed by atoms with Gasteiger partial charge < -0.3 is 24.6 Å². The van der Waals surface area contributed by atoms with Gasteiger partial charge in [-0.1, -0.05) is 0 Å². The van der Waals surface area contributed by atoms with Crippen LogP contribution in [0, 0.1) is 0 Å². The van der Waals surface area contributed by atoms with Gasteiger partial charge in [-0.2, -0.15) is 10.1 Å². The zero-order valence-corrected chi connectivity index (χ0v) is 14.2. The lowest BCUT2D eigenvalue weighted by atomic mass is 10.2. The smallest absolute Gasteiger partial charge is 0.247 e. The quantitative estimate of drug-likeness (QED) is 0.773. The summed E-state index contributed by atoms with van der Waals surface area (Å²) in [7, 11) is 3.18. The average molecular weight is 344 g/mol. The highest BCUT2D eigenvalue weighted by atomic mass is 16.5. The second kappa shape index (κ2) is 7.65. The van der Waals surface area contributed by atoms with Crippen LogP contribution >= 0.6 is 0 Å². The predicted octanol–water partition coefficient (Wildman–Crippen LogP) is 0.911. The van der Waals surface area contributed by atoms with Gasteiger partial charge in [0.15, 0.2) is 17.3 Å². The molecule has 1 fully saturated rings. The van der Waals surface area contributed by atoms with Gasteiger partial charge in [-0.3, -0.25) is 4.79 Å². The number of nitrogens with zero attached hydrogens (tertiary/aromatic N) is 5. The molecule has 1 aliphatic heterocycles. The third kappa shape index (κ3) is 3.87. The Bertz CT molecular complexity index is 734. The van der Waals surface area contributed by atoms with Crippen LogP contribution in [-0.4, -0.2) is 66.9 Å². The van der Waals surface area contributed by atoms with E-state index >= 15 is 0 Å². The largest absolute Gasteiger partial charge is 0.493 e. The molecule has 0 aliphatic carbocycles. The van der Waals surface area contributed by atoms with Gasteiger partial charge in [0.1, 0.15) is 0 Å². The zero-order valence-electron chi connectivity index (χ0n) is 14.2. The van der Waals surface area contributed by atoms with Crippen LogP contribution in [0.25, 0.3) is 0 Å². The first-order valence-corrected chi connectivity index (χ1v) is 7.86. The van der Waals surface area contributed by atoms with E-state index in [0.29, 0.717) is 49.4 Å². The summed E-state index contributed by atoms with van der Waals surface area (Å²) in [6.07, 6.45) is 2.42. The number of ether oxygens (including phenoxy) is 2. The molecule has 1 aromatic carbocycles. The van der Waals surface area contributed by atoms with Crippen molar-refractivity contribution in [2.45, 2.75) is 0 Å². The molecule has 1 N–H and O–H groups in total. The number of nitrogens with one attached hydrogen (secondary N) is 1. The molecule has 0 spiro atoms. The van der Waals surface area contributed by atoms with Crippen LogP contribution in [-0.2, 0) is 4.79 Å². The number of carbonyl (C=O) groups excluding carboxylic acids is 1. The monoisotopic (exact) mass is 344 g/mol. The molecule has 1 aromatic heterocycles. The molecular weight excluding hydrogens is 324 g/mol. The molecule has 1 aliphatic rings. The summed E-state index contributed by atoms with van der Waals surface area (Å²) in [5.74, 6) is 2.40. The number of piperazine rings is 1. The van der Waals surface area contributed by atoms with Crippen LogP contribution in [0.1, 0.15) is 0 Å². The SMILES string of the molecule is COc1ccc(Nc2cnnc(N3CCN(C=O)CC3)n2)cc1OC. The van der Waals surface area contributed by atoms with Crippen molar-refractivity contribution in [3.63, 3.8) is 0 Å². The van der Waals surface area contributed by atoms with Gasteiger partial charge in [-0.25, -0.2) is 0 Å². The lowest BCUT2D eigenvalue weighted by Crippen LogP contribution is -2.46. The number of benzene rings is 1. The van der Waals surface area contributed by atoms with E-state index in [2.05, 4.69) is 20.5 Å². The highest BCUT2D eigenvalue weighted by Crippen LogP contribution is 2.30. The van der Waals surface area contributed by atoms with Crippen molar-refractivity contribution >= 4 is 23.9 Å². The molecule has 132 valence electrons. The summed E-state index contributed by atoms with van der Waals surface area (Å²) in [6.45, 7) is 2.67. The Morgan fingerprint density at radius 3 is 2.56 bits per heavy atom. The van der Waals surface area contributed by atoms with E-state index < -0.39 is 0 Å². The third-order valence-corrected chi connectivity index (χ3v) is 3.95. The van der Waals surface area contributed by atoms with E-state index in [4.69, 9.17) is 9.47 Å². The lowest BCUT2D eigenvalue weighted by Gasteiger charge is -2.32. The summed E-state index contributed by atoms with van der Waals surface area (Å²) in [5, 5.41) is 11.3. The van der Waals surface area contributed by atoms with Crippen LogP contribution in [0.15, 0.2) is 24.4 Å². The fraction of sp³-hybridized carbons (Fsp3) is 0.375. The van der Waals surface area contributed by atoms with Crippen molar-refractivity contribution in [1.82, 2.24) is 20.1 Å². The number of methoxy groups -OCH3 is 2. The van der Waals surface area contributed by atoms with Gasteiger partial charge in [0.2, 0.25) is 12.4 Å². The first kappa shape index (κ1) is 16.7. The summed E-state index contributed by atoms with van der Waals surface area (Å²) < 4.78 is 10.5. The van der Waals surface area contributed by atoms with Gasteiger partial charge >= 0.3 is 0 Å². The van der Waals surface area contributed by atoms with E-state index in [1.54, 1.807) is 25.3 Å². The standard InChI is InChI=1S/C16H20N6O3/c1-24-13-4-3-12(9-14(13)25-2)18-15-10-17-20-16(19-15)22-7-5-21(11-23)6-8-22/h3-4,9-11H,5-8H2,1-2H3,(H,18,19,20). The number of hydrogen-bond donors (Lipinski definition) is 1. The van der Waals surface area contributed by atoms with Crippen molar-refractivity contribution in [3.8, 4) is 11.5 Å². The molecule has 3 rings (SSSR count). The van der Waals surface area contributed by atoms with Crippen LogP contribution < -0.4 is 19.7 Å². The topological polar surface area (TPSA) is 92.7 Å². The number of rotatable bonds is 6. The maximum absolute atomic E-state index is 10.8. The minimum Gasteiger partial charge on any atom is -0.493 e. The molecule has 2 aromatic rings. The number of anilines is 3. The van der Waals surface area contributed by atoms with Crippen LogP contribution in [0.4, 0.5) is 17.5 Å². The Kier molecular flexibility index (Phi) is 5.12. The third-order valence-electron chi connectivity index (χ3n) is 3.95. The highest BCUT2D eigenvalue weighted by Gasteiger charge is 2.18. The molecule has 0 bridgehead atoms. The Morgan fingerprint density at radius 1 is 1.12 bits per heavy atom. The minimum absolute atomic E-state index is 0.538. The maximum atomic E-state index is 10.8. The number of amides is 1. The maximum Gasteiger partial charge on any atom is 0.247 e. The first-order chi connectivity index (χ1) is 12.2. The molecule has 9 heteroatoms. The predicted molar refractivity (Wildman–Crippen MR) is 92.5 cm³/mol. The number of aromatic nitrogens is 3. The van der Waals surface area contributed by atoms with Crippen LogP contribution in [0.2, 0.25) is 0 Å². The Labute approximate surface area is 145 Å². The van der Waals surface area contributed by atoms with Crippen molar-refractivity contribution in [1.29, 1.82) is 0 Å². The fourth-order valence-electron chi connectivity index (χ4n) is 2.58. The Morgan fingerprint density at radius 2 is 1.88 bits per heavy atom. The Balaban J connectivity index is 1.73. The average Bonchev–Trinajstić information content (AvgIpc) is 2.68. The molecule has 0 saturated carbocycles. The van der Waals surface area contributed by atoms with Gasteiger partial charge in [-0.15, -0.1) is 5.10 Å². The summed E-state index contributed by atoms with van der Waals surface area (Å²) in [6, 6.07) is 5.50. The van der Waals surface area contributed by atoms with Crippen LogP contribution in [0.3, 0.4) is 0 Å². The first-order valence-electron chi connectivity index (χ1n) is 7.86. The molecule has 1 saturated heterocycles. The second-order valence-corrected chi connectivity index (χ2v) is 5.46. The summed E-state index contributed by atoms with van der Waals surface area (Å²) in [5.41, 5.74) is 0.801. The van der Waals surface area contributed by atoms with Crippen molar-refractivity contribution in [2.24, 2.45) is 0 Å². The lowest BCUT2D eigenvalue weighted by molar-refractivity contribution is -0.118. The molecule has 0 atom stereocenters. The molecule has 0 radical (unpaired) electrons. The van der Waals surface area contributed by atoms with Crippen molar-refractivity contribution in [3.05, 3.63) is 24.4 Å². The van der Waals surface area contributed by atoms with Gasteiger partial charge in [0.25, 0.3) is 0 Å². The van der Waals surface area contributed by atoms with E-state index in [1.165, 1.54) is 0 Å². The normalized spacial score (nSPS) is 14.2. The van der Waals surface area contributed by atoms with Gasteiger partial charge in [0.05, 0.1) is 20.4 Å². The minimum atomic E-state index is 0.538. The van der Waals surface area contributed by atoms with E-state index in [-0.39, 0.29) is 0 Å². The second-order valence-electron chi connectivity index (χ2n) is 5.46. The van der Waals surface area contributed by atoms with E-state index in [0.717, 1.165) is 12.1 Å². The number of carbonyl (C=O) groups is 1. The highest BCUT2D eigenvalue weighted by molar-refractivity contribution is 5.61. The summed E-state index contributed by atoms with van der Waals surface area (Å²) >= 11 is 0. The van der Waals surface area contributed by atoms with E-state index in [9.17, 15) is 4.79 Å². The molecular formula is C16H20N6O3. The fourth-order valence-corrected chi connectivity index (χ4v) is 2.58. The van der Waals surface area contributed by atoms with E-state index in [1.807, 2.05) is 23.1 Å². The molecule has 25 heavy (non-hydrogen) atoms. The molecule has 0 unspecified atom stereocenters. The molecule has 9 nitrogen and oxygen atoms in total. The van der Waals surface area contributed by atoms with Gasteiger partial charge in [-0.05, 0) is 12.1 Å². The van der Waals surface area contributed by atoms with Crippen molar-refractivity contribution < 1.29 is 14.3 Å². The molecule has 1 amide bonds. The van der Waals surface area contributed by atoms with Crippen molar-refractivity contribution in [2.75, 3.05) is 50.6 Å². The van der Waals surface area contributed by atoms with Gasteiger partial charge in [0, 0.05) is 37.9 Å². The summed E-state index contributed by atoms with van der Waals surface area (Å²) in [4.78, 5) is 19.0. The molecule has 2 heterocycles. The Hall–Kier alpha value is -3.10. The zero-order chi connectivity index (χ0) is 17.6. The van der Waals surface area contributed by atoms with Crippen LogP contribution in [0.5, 0.6) is 11.5 Å². The number of hydrogen-bond acceptors (Lipinski definition) is 8.